The summed E-state index contributed by atoms with van der Waals surface area (Å²) in [4.78, 5) is 10.1. The fraction of sp³-hybridized carbons (Fsp3) is 0.139. The molecule has 12 rings (SSSR count). The molecule has 0 aliphatic heterocycles. The standard InChI is InChI=1S/C72H64N4/c1-47-9-25-55(26-10-47)73(56-27-11-48(2)12-28-56)67-45-68(74(57-29-13-49(3)14-30-57)58-31-15-50(4)16-32-58)64-43-44-66-70(76(61-37-21-53(7)22-38-61)62-39-23-54(8)24-40-62)46-69(65-42-41-63(67)71(64)72(65)66)75(59-33-17-51(5)18-34-59)60-35-19-52(6)20-36-60/h9-43,45-46,68H,44H2,1-8H3. The molecule has 10 aromatic rings. The molecule has 4 nitrogen and oxygen atoms in total. The van der Waals surface area contributed by atoms with Gasteiger partial charge in [-0.1, -0.05) is 160 Å². The monoisotopic (exact) mass is 985 g/mol. The van der Waals surface area contributed by atoms with E-state index in [2.05, 4.69) is 299 Å². The zero-order chi connectivity index (χ0) is 52.2. The van der Waals surface area contributed by atoms with Gasteiger partial charge in [0.15, 0.2) is 0 Å². The summed E-state index contributed by atoms with van der Waals surface area (Å²) in [5.41, 5.74) is 27.2. The highest BCUT2D eigenvalue weighted by molar-refractivity contribution is 6.15. The van der Waals surface area contributed by atoms with E-state index in [1.807, 2.05) is 0 Å². The molecule has 0 bridgehead atoms. The van der Waals surface area contributed by atoms with Gasteiger partial charge in [-0.15, -0.1) is 0 Å². The van der Waals surface area contributed by atoms with E-state index in [1.54, 1.807) is 0 Å². The first kappa shape index (κ1) is 48.1. The molecule has 2 aliphatic rings. The fourth-order valence-electron chi connectivity index (χ4n) is 11.3. The summed E-state index contributed by atoms with van der Waals surface area (Å²) in [6, 6.07) is 79.6. The van der Waals surface area contributed by atoms with Gasteiger partial charge in [-0.25, -0.2) is 0 Å². The predicted octanol–water partition coefficient (Wildman–Crippen LogP) is 19.6. The lowest BCUT2D eigenvalue weighted by atomic mass is 9.76. The average molecular weight is 985 g/mol. The van der Waals surface area contributed by atoms with Crippen molar-refractivity contribution in [2.24, 2.45) is 0 Å². The second-order valence-corrected chi connectivity index (χ2v) is 21.2. The molecular formula is C72H64N4. The van der Waals surface area contributed by atoms with E-state index in [-0.39, 0.29) is 6.04 Å². The second kappa shape index (κ2) is 19.8. The quantitative estimate of drug-likeness (QED) is 0.121. The van der Waals surface area contributed by atoms with Crippen LogP contribution < -0.4 is 19.6 Å². The van der Waals surface area contributed by atoms with Crippen LogP contribution in [-0.4, -0.2) is 6.04 Å². The SMILES string of the molecule is Cc1ccc(N(C2=CC(N(c3ccc(C)cc3)c3ccc(C)cc3)C3=CCc4c(N(c5ccc(C)cc5)c5ccc(C)cc5)cc(N(c5ccc(C)cc5)c5ccc(C)cc5)c5ccc2c3c45)c2ccc(C)cc2)cc1. The molecule has 0 radical (unpaired) electrons. The largest absolute Gasteiger partial charge is 0.330 e. The summed E-state index contributed by atoms with van der Waals surface area (Å²) in [5, 5.41) is 2.47. The maximum absolute atomic E-state index is 2.57. The van der Waals surface area contributed by atoms with Gasteiger partial charge in [0.2, 0.25) is 0 Å². The van der Waals surface area contributed by atoms with Crippen molar-refractivity contribution in [1.29, 1.82) is 0 Å². The summed E-state index contributed by atoms with van der Waals surface area (Å²) < 4.78 is 0. The Morgan fingerprint density at radius 2 is 0.645 bits per heavy atom. The van der Waals surface area contributed by atoms with E-state index >= 15 is 0 Å². The Bertz CT molecular complexity index is 3630. The van der Waals surface area contributed by atoms with Crippen LogP contribution in [0, 0.1) is 55.4 Å². The van der Waals surface area contributed by atoms with Crippen molar-refractivity contribution >= 4 is 78.9 Å². The summed E-state index contributed by atoms with van der Waals surface area (Å²) in [6.45, 7) is 17.4. The first-order chi connectivity index (χ1) is 36.9. The lowest BCUT2D eigenvalue weighted by molar-refractivity contribution is 0.940. The van der Waals surface area contributed by atoms with Crippen LogP contribution in [0.2, 0.25) is 0 Å². The van der Waals surface area contributed by atoms with Crippen molar-refractivity contribution in [3.63, 3.8) is 0 Å². The van der Waals surface area contributed by atoms with Gasteiger partial charge in [0, 0.05) is 56.4 Å². The van der Waals surface area contributed by atoms with Gasteiger partial charge >= 0.3 is 0 Å². The minimum atomic E-state index is -0.201. The van der Waals surface area contributed by atoms with E-state index in [9.17, 15) is 0 Å². The first-order valence-electron chi connectivity index (χ1n) is 26.7. The maximum atomic E-state index is 2.57. The van der Waals surface area contributed by atoms with E-state index in [0.29, 0.717) is 0 Å². The Morgan fingerprint density at radius 3 is 1.00 bits per heavy atom. The van der Waals surface area contributed by atoms with E-state index in [4.69, 9.17) is 0 Å². The molecule has 0 saturated carbocycles. The highest BCUT2D eigenvalue weighted by Crippen LogP contribution is 2.55. The van der Waals surface area contributed by atoms with Crippen molar-refractivity contribution in [1.82, 2.24) is 0 Å². The van der Waals surface area contributed by atoms with Gasteiger partial charge < -0.3 is 19.6 Å². The second-order valence-electron chi connectivity index (χ2n) is 21.2. The molecule has 2 aliphatic carbocycles. The molecule has 0 saturated heterocycles. The van der Waals surface area contributed by atoms with Gasteiger partial charge in [-0.05, 0) is 193 Å². The van der Waals surface area contributed by atoms with E-state index < -0.39 is 0 Å². The van der Waals surface area contributed by atoms with Crippen LogP contribution in [0.25, 0.3) is 22.0 Å². The Balaban J connectivity index is 1.23. The van der Waals surface area contributed by atoms with Crippen molar-refractivity contribution in [3.8, 4) is 0 Å². The summed E-state index contributed by atoms with van der Waals surface area (Å²) in [5.74, 6) is 0. The molecule has 372 valence electrons. The summed E-state index contributed by atoms with van der Waals surface area (Å²) >= 11 is 0. The van der Waals surface area contributed by atoms with E-state index in [0.717, 1.165) is 69.0 Å². The number of aryl methyl sites for hydroxylation is 8. The Hall–Kier alpha value is -8.86. The smallest absolute Gasteiger partial charge is 0.0802 e. The normalized spacial score (nSPS) is 13.5. The number of rotatable bonds is 12. The Labute approximate surface area is 449 Å². The van der Waals surface area contributed by atoms with E-state index in [1.165, 1.54) is 77.5 Å². The predicted molar refractivity (Wildman–Crippen MR) is 325 cm³/mol. The van der Waals surface area contributed by atoms with Crippen molar-refractivity contribution in [3.05, 3.63) is 286 Å². The highest BCUT2D eigenvalue weighted by Gasteiger charge is 2.38. The zero-order valence-corrected chi connectivity index (χ0v) is 44.9. The molecule has 76 heavy (non-hydrogen) atoms. The van der Waals surface area contributed by atoms with Crippen LogP contribution in [0.15, 0.2) is 224 Å². The number of nitrogens with zero attached hydrogens (tertiary/aromatic N) is 4. The van der Waals surface area contributed by atoms with Gasteiger partial charge in [-0.3, -0.25) is 0 Å². The molecule has 0 fully saturated rings. The maximum Gasteiger partial charge on any atom is 0.0802 e. The minimum Gasteiger partial charge on any atom is -0.330 e. The molecule has 4 heteroatoms. The summed E-state index contributed by atoms with van der Waals surface area (Å²) in [7, 11) is 0. The number of benzene rings is 10. The third kappa shape index (κ3) is 8.94. The molecule has 1 atom stereocenters. The zero-order valence-electron chi connectivity index (χ0n) is 44.9. The van der Waals surface area contributed by atoms with Crippen LogP contribution in [0.3, 0.4) is 0 Å². The molecule has 10 aromatic carbocycles. The molecule has 0 spiro atoms. The molecular weight excluding hydrogens is 921 g/mol. The molecule has 0 aromatic heterocycles. The van der Waals surface area contributed by atoms with Crippen molar-refractivity contribution in [2.45, 2.75) is 67.9 Å². The number of anilines is 10. The molecule has 1 unspecified atom stereocenters. The fourth-order valence-corrected chi connectivity index (χ4v) is 11.3. The third-order valence-corrected chi connectivity index (χ3v) is 15.5. The Kier molecular flexibility index (Phi) is 12.5. The first-order valence-corrected chi connectivity index (χ1v) is 26.7. The molecule has 0 heterocycles. The lowest BCUT2D eigenvalue weighted by Gasteiger charge is -2.42. The lowest BCUT2D eigenvalue weighted by Crippen LogP contribution is -2.36. The van der Waals surface area contributed by atoms with Crippen LogP contribution >= 0.6 is 0 Å². The van der Waals surface area contributed by atoms with Gasteiger partial charge in [0.05, 0.1) is 23.1 Å². The number of hydrogen-bond acceptors (Lipinski definition) is 4. The highest BCUT2D eigenvalue weighted by atomic mass is 15.2. The topological polar surface area (TPSA) is 13.0 Å². The summed E-state index contributed by atoms with van der Waals surface area (Å²) in [6.07, 6.45) is 5.83. The molecule has 0 N–H and O–H groups in total. The van der Waals surface area contributed by atoms with Gasteiger partial charge in [0.1, 0.15) is 0 Å². The van der Waals surface area contributed by atoms with Crippen molar-refractivity contribution in [2.75, 3.05) is 19.6 Å². The molecule has 0 amide bonds. The number of allylic oxidation sites excluding steroid dienone is 1. The van der Waals surface area contributed by atoms with Crippen LogP contribution in [0.5, 0.6) is 0 Å². The Morgan fingerprint density at radius 1 is 0.329 bits per heavy atom. The van der Waals surface area contributed by atoms with Crippen molar-refractivity contribution < 1.29 is 0 Å². The third-order valence-electron chi connectivity index (χ3n) is 15.5. The van der Waals surface area contributed by atoms with Crippen LogP contribution in [-0.2, 0) is 6.42 Å². The van der Waals surface area contributed by atoms with Gasteiger partial charge in [-0.2, -0.15) is 0 Å². The minimum absolute atomic E-state index is 0.201. The van der Waals surface area contributed by atoms with Crippen LogP contribution in [0.1, 0.15) is 61.2 Å². The number of hydrogen-bond donors (Lipinski definition) is 0. The van der Waals surface area contributed by atoms with Gasteiger partial charge in [0.25, 0.3) is 0 Å². The van der Waals surface area contributed by atoms with Crippen LogP contribution in [0.4, 0.5) is 56.9 Å². The average Bonchev–Trinajstić information content (AvgIpc) is 3.44.